The van der Waals surface area contributed by atoms with Gasteiger partial charge in [0.2, 0.25) is 5.78 Å². The van der Waals surface area contributed by atoms with E-state index in [0.717, 1.165) is 44.5 Å². The summed E-state index contributed by atoms with van der Waals surface area (Å²) in [4.78, 5) is 13.5. The third kappa shape index (κ3) is 5.89. The first-order valence-electron chi connectivity index (χ1n) is 15.2. The van der Waals surface area contributed by atoms with Gasteiger partial charge in [0.15, 0.2) is 0 Å². The lowest BCUT2D eigenvalue weighted by Gasteiger charge is -2.22. The van der Waals surface area contributed by atoms with Crippen LogP contribution in [0.1, 0.15) is 27.8 Å². The van der Waals surface area contributed by atoms with Gasteiger partial charge in [0, 0.05) is 11.1 Å². The number of benzene rings is 4. The molecule has 1 N–H and O–H groups in total. The van der Waals surface area contributed by atoms with E-state index in [9.17, 15) is 9.90 Å². The lowest BCUT2D eigenvalue weighted by Crippen LogP contribution is -2.21. The van der Waals surface area contributed by atoms with Crippen LogP contribution in [0, 0.1) is 13.8 Å². The Kier molecular flexibility index (Phi) is 7.61. The van der Waals surface area contributed by atoms with E-state index in [0.29, 0.717) is 23.0 Å². The molecule has 0 radical (unpaired) electrons. The molecule has 222 valence electrons. The summed E-state index contributed by atoms with van der Waals surface area (Å²) >= 11 is 0. The maximum atomic E-state index is 13.5. The van der Waals surface area contributed by atoms with Gasteiger partial charge < -0.3 is 9.84 Å². The molecule has 1 aliphatic heterocycles. The van der Waals surface area contributed by atoms with Crippen molar-refractivity contribution in [3.8, 4) is 22.6 Å². The van der Waals surface area contributed by atoms with Gasteiger partial charge in [0.25, 0.3) is 0 Å². The van der Waals surface area contributed by atoms with Crippen molar-refractivity contribution in [2.75, 3.05) is 0 Å². The number of aliphatic hydroxyl groups is 1. The summed E-state index contributed by atoms with van der Waals surface area (Å²) in [6.45, 7) is 4.07. The summed E-state index contributed by atoms with van der Waals surface area (Å²) < 4.78 is 12.7. The van der Waals surface area contributed by atoms with Crippen molar-refractivity contribution in [3.05, 3.63) is 190 Å². The molecule has 0 fully saturated rings. The predicted octanol–water partition coefficient (Wildman–Crippen LogP) is 10.3. The minimum atomic E-state index is -0.226. The Morgan fingerprint density at radius 2 is 1.15 bits per heavy atom. The Labute approximate surface area is 268 Å². The highest BCUT2D eigenvalue weighted by molar-refractivity contribution is 6.23. The van der Waals surface area contributed by atoms with Crippen LogP contribution in [0.3, 0.4) is 0 Å². The molecule has 2 aliphatic rings. The molecule has 7 rings (SSSR count). The molecular formula is C42H31O4+. The fourth-order valence-corrected chi connectivity index (χ4v) is 5.62. The highest BCUT2D eigenvalue weighted by Gasteiger charge is 2.33. The number of aliphatic hydroxyl groups excluding tert-OH is 1. The number of aryl methyl sites for hydroxylation is 2. The van der Waals surface area contributed by atoms with Gasteiger partial charge >= 0.3 is 11.5 Å². The van der Waals surface area contributed by atoms with E-state index in [2.05, 4.69) is 12.1 Å². The number of allylic oxidation sites excluding steroid dienone is 6. The molecule has 2 heterocycles. The Morgan fingerprint density at radius 1 is 0.609 bits per heavy atom. The fraction of sp³-hybridized carbons (Fsp3) is 0.0476. The third-order valence-electron chi connectivity index (χ3n) is 7.97. The highest BCUT2D eigenvalue weighted by atomic mass is 16.5. The number of rotatable bonds is 6. The van der Waals surface area contributed by atoms with Crippen molar-refractivity contribution >= 4 is 23.4 Å². The van der Waals surface area contributed by atoms with Crippen LogP contribution in [0.25, 0.3) is 40.2 Å². The third-order valence-corrected chi connectivity index (χ3v) is 7.97. The second-order valence-corrected chi connectivity index (χ2v) is 11.5. The predicted molar refractivity (Wildman–Crippen MR) is 184 cm³/mol. The van der Waals surface area contributed by atoms with Gasteiger partial charge in [-0.15, -0.1) is 0 Å². The van der Waals surface area contributed by atoms with E-state index in [1.807, 2.05) is 135 Å². The topological polar surface area (TPSA) is 57.8 Å². The van der Waals surface area contributed by atoms with Crippen LogP contribution in [0.4, 0.5) is 0 Å². The Bertz CT molecular complexity index is 2140. The number of carbonyl (C=O) groups excluding carboxylic acids is 1. The lowest BCUT2D eigenvalue weighted by molar-refractivity contribution is -0.113. The molecule has 4 aromatic carbocycles. The summed E-state index contributed by atoms with van der Waals surface area (Å²) in [6, 6.07) is 39.6. The molecule has 0 spiro atoms. The molecule has 46 heavy (non-hydrogen) atoms. The molecule has 1 aliphatic carbocycles. The first-order chi connectivity index (χ1) is 22.4. The van der Waals surface area contributed by atoms with Crippen molar-refractivity contribution in [1.82, 2.24) is 0 Å². The van der Waals surface area contributed by atoms with E-state index < -0.39 is 0 Å². The summed E-state index contributed by atoms with van der Waals surface area (Å²) in [6.07, 6.45) is 7.24. The van der Waals surface area contributed by atoms with E-state index in [-0.39, 0.29) is 22.7 Å². The second-order valence-electron chi connectivity index (χ2n) is 11.5. The fourth-order valence-electron chi connectivity index (χ4n) is 5.62. The molecule has 4 nitrogen and oxygen atoms in total. The average molecular weight is 600 g/mol. The molecule has 4 heteroatoms. The Hall–Kier alpha value is -6.00. The quantitative estimate of drug-likeness (QED) is 0.156. The zero-order valence-corrected chi connectivity index (χ0v) is 25.5. The van der Waals surface area contributed by atoms with Crippen LogP contribution in [0.2, 0.25) is 0 Å². The molecule has 5 aromatic rings. The zero-order chi connectivity index (χ0) is 31.6. The Balaban J connectivity index is 1.28. The summed E-state index contributed by atoms with van der Waals surface area (Å²) in [5.41, 5.74) is 7.94. The molecule has 0 saturated heterocycles. The van der Waals surface area contributed by atoms with E-state index >= 15 is 0 Å². The Morgan fingerprint density at radius 3 is 1.78 bits per heavy atom. The minimum absolute atomic E-state index is 0.0386. The zero-order valence-electron chi connectivity index (χ0n) is 25.5. The van der Waals surface area contributed by atoms with Gasteiger partial charge in [-0.25, -0.2) is 4.42 Å². The average Bonchev–Trinajstić information content (AvgIpc) is 3.10. The van der Waals surface area contributed by atoms with Gasteiger partial charge in [0.05, 0.1) is 34.4 Å². The second kappa shape index (κ2) is 12.2. The highest BCUT2D eigenvalue weighted by Crippen LogP contribution is 2.37. The largest absolute Gasteiger partial charge is 0.506 e. The number of hydrogen-bond acceptors (Lipinski definition) is 3. The van der Waals surface area contributed by atoms with Crippen LogP contribution in [0.5, 0.6) is 0 Å². The van der Waals surface area contributed by atoms with Crippen molar-refractivity contribution in [2.24, 2.45) is 0 Å². The SMILES string of the molecule is Cc1cccc(C2=CC(=CC3=C(O)C(=Cc4cc(-c5ccccc5)[o+]c(-c5cccc(C)c5)c4)C3=O)C=C(c3ccccc3)O2)c1. The van der Waals surface area contributed by atoms with Gasteiger partial charge in [-0.1, -0.05) is 90.0 Å². The molecule has 0 amide bonds. The van der Waals surface area contributed by atoms with Crippen LogP contribution < -0.4 is 0 Å². The first kappa shape index (κ1) is 28.8. The standard InChI is InChI=1S/C42H30O4/c1-27-11-9-17-33(19-27)39-25-29(23-37(45-39)31-13-5-3-6-14-31)21-35-41(43)36(42(35)44)22-30-24-38(32-15-7-4-8-16-32)46-40(26-30)34-18-10-12-28(2)20-34/h3-26H,1-2H3/p+1. The lowest BCUT2D eigenvalue weighted by atomic mass is 9.85. The van der Waals surface area contributed by atoms with E-state index in [1.165, 1.54) is 0 Å². The first-order valence-corrected chi connectivity index (χ1v) is 15.2. The number of Topliss-reactive ketones (excluding diaryl/α,β-unsaturated/α-hetero) is 1. The summed E-state index contributed by atoms with van der Waals surface area (Å²) in [5, 5.41) is 11.2. The molecule has 0 atom stereocenters. The number of ketones is 1. The monoisotopic (exact) mass is 599 g/mol. The minimum Gasteiger partial charge on any atom is -0.506 e. The van der Waals surface area contributed by atoms with Gasteiger partial charge in [0.1, 0.15) is 17.3 Å². The van der Waals surface area contributed by atoms with Crippen molar-refractivity contribution in [2.45, 2.75) is 13.8 Å². The summed E-state index contributed by atoms with van der Waals surface area (Å²) in [5.74, 6) is 2.41. The molecule has 0 unspecified atom stereocenters. The maximum absolute atomic E-state index is 13.5. The van der Waals surface area contributed by atoms with Crippen molar-refractivity contribution in [1.29, 1.82) is 0 Å². The van der Waals surface area contributed by atoms with Crippen LogP contribution in [0.15, 0.2) is 166 Å². The molecule has 0 bridgehead atoms. The van der Waals surface area contributed by atoms with E-state index in [1.54, 1.807) is 12.2 Å². The van der Waals surface area contributed by atoms with Gasteiger partial charge in [-0.2, -0.15) is 0 Å². The van der Waals surface area contributed by atoms with Gasteiger partial charge in [-0.3, -0.25) is 4.79 Å². The number of ether oxygens (including phenoxy) is 1. The maximum Gasteiger partial charge on any atom is 0.361 e. The molecule has 0 saturated carbocycles. The number of hydrogen-bond donors (Lipinski definition) is 1. The molecule has 1 aromatic heterocycles. The number of carbonyl (C=O) groups is 1. The van der Waals surface area contributed by atoms with E-state index in [4.69, 9.17) is 9.15 Å². The van der Waals surface area contributed by atoms with Crippen molar-refractivity contribution < 1.29 is 19.1 Å². The van der Waals surface area contributed by atoms with Crippen molar-refractivity contribution in [3.63, 3.8) is 0 Å². The normalized spacial score (nSPS) is 16.2. The summed E-state index contributed by atoms with van der Waals surface area (Å²) in [7, 11) is 0. The van der Waals surface area contributed by atoms with Gasteiger partial charge in [-0.05, 0) is 79.6 Å². The van der Waals surface area contributed by atoms with Crippen LogP contribution >= 0.6 is 0 Å². The van der Waals surface area contributed by atoms with Crippen LogP contribution in [-0.2, 0) is 9.53 Å². The molecular weight excluding hydrogens is 568 g/mol. The van der Waals surface area contributed by atoms with Crippen LogP contribution in [-0.4, -0.2) is 10.9 Å². The smallest absolute Gasteiger partial charge is 0.361 e.